The largest absolute Gasteiger partial charge is 0.338 e. The van der Waals surface area contributed by atoms with E-state index in [0.717, 1.165) is 44.0 Å². The maximum atomic E-state index is 12.5. The lowest BCUT2D eigenvalue weighted by atomic mass is 10.0. The first kappa shape index (κ1) is 18.3. The van der Waals surface area contributed by atoms with Crippen LogP contribution in [-0.2, 0) is 0 Å². The second-order valence-corrected chi connectivity index (χ2v) is 6.89. The third kappa shape index (κ3) is 4.19. The minimum atomic E-state index is -0.180. The Morgan fingerprint density at radius 1 is 1.12 bits per heavy atom. The zero-order valence-corrected chi connectivity index (χ0v) is 15.8. The van der Waals surface area contributed by atoms with Crippen molar-refractivity contribution in [3.8, 4) is 0 Å². The van der Waals surface area contributed by atoms with Crippen molar-refractivity contribution in [2.24, 2.45) is 0 Å². The molecule has 1 aromatic carbocycles. The normalized spacial score (nSPS) is 15.3. The van der Waals surface area contributed by atoms with E-state index in [2.05, 4.69) is 45.9 Å². The molecule has 6 nitrogen and oxygen atoms in total. The van der Waals surface area contributed by atoms with Crippen LogP contribution in [-0.4, -0.2) is 53.5 Å². The lowest BCUT2D eigenvalue weighted by Crippen LogP contribution is -2.46. The molecule has 0 aliphatic carbocycles. The third-order valence-corrected chi connectivity index (χ3v) is 4.83. The fourth-order valence-corrected chi connectivity index (χ4v) is 3.17. The lowest BCUT2D eigenvalue weighted by molar-refractivity contribution is 0.102. The predicted molar refractivity (Wildman–Crippen MR) is 105 cm³/mol. The molecule has 2 aromatic rings. The Morgan fingerprint density at radius 2 is 1.77 bits per heavy atom. The van der Waals surface area contributed by atoms with Crippen LogP contribution in [0.1, 0.15) is 42.6 Å². The van der Waals surface area contributed by atoms with Gasteiger partial charge in [0.25, 0.3) is 5.91 Å². The number of piperazine rings is 1. The molecular weight excluding hydrogens is 326 g/mol. The smallest absolute Gasteiger partial charge is 0.258 e. The van der Waals surface area contributed by atoms with Crippen LogP contribution >= 0.6 is 0 Å². The van der Waals surface area contributed by atoms with Gasteiger partial charge in [0.2, 0.25) is 5.95 Å². The molecule has 0 radical (unpaired) electrons. The van der Waals surface area contributed by atoms with Crippen LogP contribution < -0.4 is 10.2 Å². The molecule has 1 amide bonds. The molecule has 1 aliphatic rings. The van der Waals surface area contributed by atoms with E-state index in [0.29, 0.717) is 17.4 Å². The molecule has 0 saturated carbocycles. The average Bonchev–Trinajstić information content (AvgIpc) is 2.68. The second kappa shape index (κ2) is 8.27. The van der Waals surface area contributed by atoms with E-state index >= 15 is 0 Å². The first-order valence-corrected chi connectivity index (χ1v) is 9.28. The van der Waals surface area contributed by atoms with E-state index in [1.807, 2.05) is 24.3 Å². The number of nitrogens with one attached hydrogen (secondary N) is 1. The fraction of sp³-hybridized carbons (Fsp3) is 0.450. The van der Waals surface area contributed by atoms with Gasteiger partial charge in [-0.2, -0.15) is 0 Å². The van der Waals surface area contributed by atoms with E-state index < -0.39 is 0 Å². The molecule has 3 rings (SSSR count). The van der Waals surface area contributed by atoms with Crippen LogP contribution in [0, 0.1) is 0 Å². The van der Waals surface area contributed by atoms with Gasteiger partial charge in [0.1, 0.15) is 0 Å². The van der Waals surface area contributed by atoms with Gasteiger partial charge in [-0.15, -0.1) is 0 Å². The third-order valence-electron chi connectivity index (χ3n) is 4.83. The number of aromatic nitrogens is 2. The quantitative estimate of drug-likeness (QED) is 0.895. The summed E-state index contributed by atoms with van der Waals surface area (Å²) in [7, 11) is 0. The number of carbonyl (C=O) groups excluding carboxylic acids is 1. The monoisotopic (exact) mass is 353 g/mol. The Balaban J connectivity index is 1.66. The zero-order valence-electron chi connectivity index (χ0n) is 15.8. The lowest BCUT2D eigenvalue weighted by Gasteiger charge is -2.33. The average molecular weight is 353 g/mol. The number of amides is 1. The Kier molecular flexibility index (Phi) is 5.83. The van der Waals surface area contributed by atoms with Gasteiger partial charge in [0.15, 0.2) is 0 Å². The molecule has 0 unspecified atom stereocenters. The first-order chi connectivity index (χ1) is 12.6. The topological polar surface area (TPSA) is 61.4 Å². The SMILES string of the molecule is CCN1CCN(c2ncc(C(=O)Nc3ccccc3C(C)C)cn2)CC1. The van der Waals surface area contributed by atoms with Gasteiger partial charge in [-0.05, 0) is 24.1 Å². The number of hydrogen-bond donors (Lipinski definition) is 1. The molecule has 1 aromatic heterocycles. The summed E-state index contributed by atoms with van der Waals surface area (Å²) in [6, 6.07) is 7.88. The number of nitrogens with zero attached hydrogens (tertiary/aromatic N) is 4. The summed E-state index contributed by atoms with van der Waals surface area (Å²) in [5.74, 6) is 0.854. The minimum Gasteiger partial charge on any atom is -0.338 e. The van der Waals surface area contributed by atoms with E-state index in [1.54, 1.807) is 12.4 Å². The summed E-state index contributed by atoms with van der Waals surface area (Å²) in [6.07, 6.45) is 3.23. The number of para-hydroxylation sites is 1. The van der Waals surface area contributed by atoms with Crippen molar-refractivity contribution in [2.75, 3.05) is 42.9 Å². The molecule has 1 aliphatic heterocycles. The molecule has 6 heteroatoms. The first-order valence-electron chi connectivity index (χ1n) is 9.28. The molecule has 1 fully saturated rings. The number of carbonyl (C=O) groups is 1. The standard InChI is InChI=1S/C20H27N5O/c1-4-24-9-11-25(12-10-24)20-21-13-16(14-22-20)19(26)23-18-8-6-5-7-17(18)15(2)3/h5-8,13-15H,4,9-12H2,1-3H3,(H,23,26). The molecular formula is C20H27N5O. The van der Waals surface area contributed by atoms with Gasteiger partial charge in [-0.1, -0.05) is 39.0 Å². The van der Waals surface area contributed by atoms with Gasteiger partial charge < -0.3 is 15.1 Å². The Labute approximate surface area is 155 Å². The number of likely N-dealkylation sites (N-methyl/N-ethyl adjacent to an activating group) is 1. The highest BCUT2D eigenvalue weighted by Crippen LogP contribution is 2.24. The van der Waals surface area contributed by atoms with Crippen molar-refractivity contribution < 1.29 is 4.79 Å². The molecule has 26 heavy (non-hydrogen) atoms. The van der Waals surface area contributed by atoms with Crippen LogP contribution in [0.3, 0.4) is 0 Å². The molecule has 2 heterocycles. The highest BCUT2D eigenvalue weighted by atomic mass is 16.1. The Morgan fingerprint density at radius 3 is 2.38 bits per heavy atom. The van der Waals surface area contributed by atoms with Crippen LogP contribution in [0.5, 0.6) is 0 Å². The molecule has 138 valence electrons. The minimum absolute atomic E-state index is 0.180. The fourth-order valence-electron chi connectivity index (χ4n) is 3.17. The molecule has 0 spiro atoms. The molecule has 0 bridgehead atoms. The Bertz CT molecular complexity index is 736. The van der Waals surface area contributed by atoms with Crippen molar-refractivity contribution in [2.45, 2.75) is 26.7 Å². The van der Waals surface area contributed by atoms with Gasteiger partial charge >= 0.3 is 0 Å². The van der Waals surface area contributed by atoms with Crippen LogP contribution in [0.15, 0.2) is 36.7 Å². The highest BCUT2D eigenvalue weighted by Gasteiger charge is 2.18. The molecule has 0 atom stereocenters. The van der Waals surface area contributed by atoms with Crippen LogP contribution in [0.2, 0.25) is 0 Å². The maximum absolute atomic E-state index is 12.5. The van der Waals surface area contributed by atoms with Gasteiger partial charge in [-0.25, -0.2) is 9.97 Å². The van der Waals surface area contributed by atoms with Gasteiger partial charge in [0, 0.05) is 44.3 Å². The summed E-state index contributed by atoms with van der Waals surface area (Å²) in [5.41, 5.74) is 2.43. The summed E-state index contributed by atoms with van der Waals surface area (Å²) in [4.78, 5) is 25.9. The van der Waals surface area contributed by atoms with E-state index in [9.17, 15) is 4.79 Å². The van der Waals surface area contributed by atoms with E-state index in [-0.39, 0.29) is 5.91 Å². The summed E-state index contributed by atoms with van der Waals surface area (Å²) < 4.78 is 0. The predicted octanol–water partition coefficient (Wildman–Crippen LogP) is 2.99. The van der Waals surface area contributed by atoms with Gasteiger partial charge in [0.05, 0.1) is 5.56 Å². The number of rotatable bonds is 5. The van der Waals surface area contributed by atoms with Gasteiger partial charge in [-0.3, -0.25) is 4.79 Å². The van der Waals surface area contributed by atoms with Crippen molar-refractivity contribution >= 4 is 17.5 Å². The number of anilines is 2. The summed E-state index contributed by atoms with van der Waals surface area (Å²) in [6.45, 7) is 11.4. The van der Waals surface area contributed by atoms with Crippen molar-refractivity contribution in [3.05, 3.63) is 47.8 Å². The van der Waals surface area contributed by atoms with E-state index in [4.69, 9.17) is 0 Å². The second-order valence-electron chi connectivity index (χ2n) is 6.89. The van der Waals surface area contributed by atoms with Crippen molar-refractivity contribution in [1.29, 1.82) is 0 Å². The van der Waals surface area contributed by atoms with Crippen molar-refractivity contribution in [3.63, 3.8) is 0 Å². The summed E-state index contributed by atoms with van der Waals surface area (Å²) >= 11 is 0. The van der Waals surface area contributed by atoms with Crippen molar-refractivity contribution in [1.82, 2.24) is 14.9 Å². The van der Waals surface area contributed by atoms with E-state index in [1.165, 1.54) is 0 Å². The van der Waals surface area contributed by atoms with Crippen LogP contribution in [0.4, 0.5) is 11.6 Å². The number of hydrogen-bond acceptors (Lipinski definition) is 5. The maximum Gasteiger partial charge on any atom is 0.258 e. The molecule has 1 N–H and O–H groups in total. The molecule has 1 saturated heterocycles. The Hall–Kier alpha value is -2.47. The van der Waals surface area contributed by atoms with Crippen LogP contribution in [0.25, 0.3) is 0 Å². The highest BCUT2D eigenvalue weighted by molar-refractivity contribution is 6.04. The number of benzene rings is 1. The summed E-state index contributed by atoms with van der Waals surface area (Å²) in [5, 5.41) is 2.98. The zero-order chi connectivity index (χ0) is 18.5.